The van der Waals surface area contributed by atoms with E-state index in [0.29, 0.717) is 6.54 Å². The van der Waals surface area contributed by atoms with Gasteiger partial charge >= 0.3 is 0 Å². The monoisotopic (exact) mass is 255 g/mol. The van der Waals surface area contributed by atoms with E-state index in [0.717, 1.165) is 17.4 Å². The molecular formula is C12H17NO3S. The minimum atomic E-state index is -3.33. The number of sulfone groups is 1. The molecule has 1 rings (SSSR count). The molecule has 0 unspecified atom stereocenters. The van der Waals surface area contributed by atoms with Crippen molar-refractivity contribution in [1.82, 2.24) is 5.32 Å². The van der Waals surface area contributed by atoms with Crippen LogP contribution in [0.25, 0.3) is 0 Å². The highest BCUT2D eigenvalue weighted by atomic mass is 32.2. The molecule has 0 aliphatic heterocycles. The average molecular weight is 255 g/mol. The number of carbonyl (C=O) groups excluding carboxylic acids is 1. The first-order valence-corrected chi connectivity index (χ1v) is 7.28. The van der Waals surface area contributed by atoms with Gasteiger partial charge in [0.15, 0.2) is 9.84 Å². The fraction of sp³-hybridized carbons (Fsp3) is 0.417. The molecular weight excluding hydrogens is 238 g/mol. The summed E-state index contributed by atoms with van der Waals surface area (Å²) < 4.78 is 22.3. The summed E-state index contributed by atoms with van der Waals surface area (Å²) in [5, 5.41) is 1.60. The Morgan fingerprint density at radius 3 is 2.29 bits per heavy atom. The Bertz CT molecular complexity index is 491. The zero-order valence-corrected chi connectivity index (χ0v) is 11.0. The molecule has 0 heterocycles. The van der Waals surface area contributed by atoms with Gasteiger partial charge in [-0.05, 0) is 19.4 Å². The highest BCUT2D eigenvalue weighted by Gasteiger charge is 2.22. The Labute approximate surface area is 102 Å². The van der Waals surface area contributed by atoms with Crippen molar-refractivity contribution in [3.8, 4) is 0 Å². The SMILES string of the molecule is Cc1ccc(CNC(=O)[C@@H](C)S(C)(=O)=O)cc1. The smallest absolute Gasteiger partial charge is 0.238 e. The molecule has 1 atom stereocenters. The number of carbonyl (C=O) groups is 1. The molecule has 1 aromatic rings. The molecule has 1 aromatic carbocycles. The van der Waals surface area contributed by atoms with Crippen molar-refractivity contribution in [3.05, 3.63) is 35.4 Å². The summed E-state index contributed by atoms with van der Waals surface area (Å²) in [7, 11) is -3.33. The maximum absolute atomic E-state index is 11.5. The molecule has 0 radical (unpaired) electrons. The maximum atomic E-state index is 11.5. The molecule has 5 heteroatoms. The van der Waals surface area contributed by atoms with Gasteiger partial charge in [-0.3, -0.25) is 4.79 Å². The lowest BCUT2D eigenvalue weighted by Crippen LogP contribution is -2.36. The van der Waals surface area contributed by atoms with E-state index < -0.39 is 21.0 Å². The first-order valence-electron chi connectivity index (χ1n) is 5.33. The first-order chi connectivity index (χ1) is 7.80. The maximum Gasteiger partial charge on any atom is 0.238 e. The number of aryl methyl sites for hydroxylation is 1. The van der Waals surface area contributed by atoms with E-state index in [9.17, 15) is 13.2 Å². The highest BCUT2D eigenvalue weighted by Crippen LogP contribution is 2.03. The summed E-state index contributed by atoms with van der Waals surface area (Å²) in [6.45, 7) is 3.72. The number of hydrogen-bond acceptors (Lipinski definition) is 3. The molecule has 94 valence electrons. The Kier molecular flexibility index (Phi) is 4.28. The number of benzene rings is 1. The molecule has 0 saturated heterocycles. The van der Waals surface area contributed by atoms with E-state index in [1.807, 2.05) is 31.2 Å². The lowest BCUT2D eigenvalue weighted by atomic mass is 10.1. The minimum absolute atomic E-state index is 0.346. The highest BCUT2D eigenvalue weighted by molar-refractivity contribution is 7.92. The van der Waals surface area contributed by atoms with Crippen molar-refractivity contribution in [2.75, 3.05) is 6.26 Å². The average Bonchev–Trinajstić information content (AvgIpc) is 2.25. The van der Waals surface area contributed by atoms with Crippen molar-refractivity contribution in [1.29, 1.82) is 0 Å². The van der Waals surface area contributed by atoms with Crippen LogP contribution in [0.5, 0.6) is 0 Å². The zero-order chi connectivity index (χ0) is 13.1. The van der Waals surface area contributed by atoms with Gasteiger partial charge in [-0.1, -0.05) is 29.8 Å². The predicted octanol–water partition coefficient (Wildman–Crippen LogP) is 1.04. The van der Waals surface area contributed by atoms with Crippen LogP contribution in [0.1, 0.15) is 18.1 Å². The van der Waals surface area contributed by atoms with E-state index >= 15 is 0 Å². The quantitative estimate of drug-likeness (QED) is 0.874. The standard InChI is InChI=1S/C12H17NO3S/c1-9-4-6-11(7-5-9)8-13-12(14)10(2)17(3,15)16/h4-7,10H,8H2,1-3H3,(H,13,14)/t10-/m1/s1. The van der Waals surface area contributed by atoms with Crippen LogP contribution in [0.2, 0.25) is 0 Å². The number of hydrogen-bond donors (Lipinski definition) is 1. The van der Waals surface area contributed by atoms with Gasteiger partial charge in [0, 0.05) is 12.8 Å². The summed E-state index contributed by atoms with van der Waals surface area (Å²) in [5.41, 5.74) is 2.09. The Morgan fingerprint density at radius 1 is 1.29 bits per heavy atom. The molecule has 4 nitrogen and oxygen atoms in total. The van der Waals surface area contributed by atoms with Gasteiger partial charge in [-0.25, -0.2) is 8.42 Å². The van der Waals surface area contributed by atoms with Gasteiger partial charge in [0.2, 0.25) is 5.91 Å². The van der Waals surface area contributed by atoms with Crippen LogP contribution in [-0.4, -0.2) is 25.8 Å². The van der Waals surface area contributed by atoms with Crippen molar-refractivity contribution in [3.63, 3.8) is 0 Å². The van der Waals surface area contributed by atoms with Crippen molar-refractivity contribution < 1.29 is 13.2 Å². The second-order valence-corrected chi connectivity index (χ2v) is 6.54. The van der Waals surface area contributed by atoms with E-state index in [1.54, 1.807) is 0 Å². The molecule has 1 N–H and O–H groups in total. The van der Waals surface area contributed by atoms with Crippen molar-refractivity contribution in [2.45, 2.75) is 25.6 Å². The van der Waals surface area contributed by atoms with Gasteiger partial charge in [0.1, 0.15) is 5.25 Å². The van der Waals surface area contributed by atoms with Gasteiger partial charge in [0.25, 0.3) is 0 Å². The van der Waals surface area contributed by atoms with Crippen molar-refractivity contribution >= 4 is 15.7 Å². The van der Waals surface area contributed by atoms with Gasteiger partial charge in [-0.15, -0.1) is 0 Å². The van der Waals surface area contributed by atoms with E-state index in [-0.39, 0.29) is 0 Å². The van der Waals surface area contributed by atoms with Gasteiger partial charge in [0.05, 0.1) is 0 Å². The summed E-state index contributed by atoms with van der Waals surface area (Å²) >= 11 is 0. The molecule has 0 spiro atoms. The van der Waals surface area contributed by atoms with Crippen LogP contribution in [0.15, 0.2) is 24.3 Å². The molecule has 0 aliphatic carbocycles. The third-order valence-electron chi connectivity index (χ3n) is 2.60. The zero-order valence-electron chi connectivity index (χ0n) is 10.2. The third-order valence-corrected chi connectivity index (χ3v) is 4.10. The Balaban J connectivity index is 2.57. The minimum Gasteiger partial charge on any atom is -0.351 e. The lowest BCUT2D eigenvalue weighted by Gasteiger charge is -2.10. The molecule has 0 fully saturated rings. The third kappa shape index (κ3) is 4.19. The number of nitrogens with one attached hydrogen (secondary N) is 1. The summed E-state index contributed by atoms with van der Waals surface area (Å²) in [5.74, 6) is -0.465. The summed E-state index contributed by atoms with van der Waals surface area (Å²) in [6, 6.07) is 7.70. The van der Waals surface area contributed by atoms with Crippen LogP contribution < -0.4 is 5.32 Å². The molecule has 0 aromatic heterocycles. The predicted molar refractivity (Wildman–Crippen MR) is 67.3 cm³/mol. The van der Waals surface area contributed by atoms with Gasteiger partial charge < -0.3 is 5.32 Å². The van der Waals surface area contributed by atoms with Gasteiger partial charge in [-0.2, -0.15) is 0 Å². The first kappa shape index (κ1) is 13.7. The Morgan fingerprint density at radius 2 is 1.82 bits per heavy atom. The van der Waals surface area contributed by atoms with Crippen LogP contribution in [-0.2, 0) is 21.2 Å². The summed E-state index contributed by atoms with van der Waals surface area (Å²) in [6.07, 6.45) is 1.06. The van der Waals surface area contributed by atoms with E-state index in [1.165, 1.54) is 6.92 Å². The summed E-state index contributed by atoms with van der Waals surface area (Å²) in [4.78, 5) is 11.5. The topological polar surface area (TPSA) is 63.2 Å². The second-order valence-electron chi connectivity index (χ2n) is 4.18. The van der Waals surface area contributed by atoms with Crippen LogP contribution in [0.4, 0.5) is 0 Å². The lowest BCUT2D eigenvalue weighted by molar-refractivity contribution is -0.120. The number of rotatable bonds is 4. The second kappa shape index (κ2) is 5.31. The molecule has 0 saturated carbocycles. The van der Waals surface area contributed by atoms with Crippen LogP contribution >= 0.6 is 0 Å². The molecule has 0 aliphatic rings. The van der Waals surface area contributed by atoms with Crippen molar-refractivity contribution in [2.24, 2.45) is 0 Å². The van der Waals surface area contributed by atoms with E-state index in [2.05, 4.69) is 5.32 Å². The molecule has 0 bridgehead atoms. The normalized spacial score (nSPS) is 13.1. The number of amides is 1. The Hall–Kier alpha value is -1.36. The van der Waals surface area contributed by atoms with Crippen LogP contribution in [0, 0.1) is 6.92 Å². The molecule has 17 heavy (non-hydrogen) atoms. The molecule has 1 amide bonds. The fourth-order valence-electron chi connectivity index (χ4n) is 1.23. The largest absolute Gasteiger partial charge is 0.351 e. The fourth-order valence-corrected chi connectivity index (χ4v) is 1.71. The van der Waals surface area contributed by atoms with Crippen LogP contribution in [0.3, 0.4) is 0 Å². The van der Waals surface area contributed by atoms with E-state index in [4.69, 9.17) is 0 Å².